The lowest BCUT2D eigenvalue weighted by Crippen LogP contribution is -2.50. The number of hydrogen-bond acceptors (Lipinski definition) is 3. The minimum atomic E-state index is -3.49. The molecular weight excluding hydrogens is 348 g/mol. The number of sulfonamides is 1. The van der Waals surface area contributed by atoms with E-state index < -0.39 is 10.0 Å². The number of piperazine rings is 1. The SMILES string of the molecule is Cc1ccc(C(=O)N2CCN(S(=O)(=O)/C=C/c3ccccc3)CC2)cc1. The van der Waals surface area contributed by atoms with Crippen molar-refractivity contribution < 1.29 is 13.2 Å². The maximum atomic E-state index is 12.5. The van der Waals surface area contributed by atoms with Crippen LogP contribution < -0.4 is 0 Å². The highest BCUT2D eigenvalue weighted by molar-refractivity contribution is 7.92. The highest BCUT2D eigenvalue weighted by Crippen LogP contribution is 2.14. The highest BCUT2D eigenvalue weighted by Gasteiger charge is 2.27. The van der Waals surface area contributed by atoms with Gasteiger partial charge >= 0.3 is 0 Å². The Kier molecular flexibility index (Phi) is 5.54. The van der Waals surface area contributed by atoms with Crippen LogP contribution in [0, 0.1) is 6.92 Å². The van der Waals surface area contributed by atoms with Crippen molar-refractivity contribution in [1.29, 1.82) is 0 Å². The molecule has 0 aromatic heterocycles. The minimum Gasteiger partial charge on any atom is -0.336 e. The highest BCUT2D eigenvalue weighted by atomic mass is 32.2. The lowest BCUT2D eigenvalue weighted by Gasteiger charge is -2.33. The first kappa shape index (κ1) is 18.4. The molecule has 2 aromatic rings. The van der Waals surface area contributed by atoms with Crippen LogP contribution in [-0.2, 0) is 10.0 Å². The summed E-state index contributed by atoms with van der Waals surface area (Å²) in [5, 5.41) is 1.24. The van der Waals surface area contributed by atoms with Gasteiger partial charge in [0.15, 0.2) is 0 Å². The van der Waals surface area contributed by atoms with Crippen molar-refractivity contribution in [3.05, 3.63) is 76.7 Å². The van der Waals surface area contributed by atoms with Gasteiger partial charge in [-0.3, -0.25) is 4.79 Å². The zero-order valence-corrected chi connectivity index (χ0v) is 15.5. The summed E-state index contributed by atoms with van der Waals surface area (Å²) in [5.74, 6) is -0.0538. The van der Waals surface area contributed by atoms with Crippen LogP contribution in [0.15, 0.2) is 60.0 Å². The van der Waals surface area contributed by atoms with Gasteiger partial charge in [-0.2, -0.15) is 4.31 Å². The maximum Gasteiger partial charge on any atom is 0.253 e. The van der Waals surface area contributed by atoms with Crippen molar-refractivity contribution in [2.45, 2.75) is 6.92 Å². The van der Waals surface area contributed by atoms with E-state index in [1.165, 1.54) is 9.71 Å². The van der Waals surface area contributed by atoms with Gasteiger partial charge in [-0.15, -0.1) is 0 Å². The number of carbonyl (C=O) groups excluding carboxylic acids is 1. The second-order valence-corrected chi connectivity index (χ2v) is 8.13. The number of amides is 1. The van der Waals surface area contributed by atoms with Crippen LogP contribution in [-0.4, -0.2) is 49.7 Å². The number of aryl methyl sites for hydroxylation is 1. The third-order valence-corrected chi connectivity index (χ3v) is 5.98. The summed E-state index contributed by atoms with van der Waals surface area (Å²) in [7, 11) is -3.49. The van der Waals surface area contributed by atoms with Crippen molar-refractivity contribution in [3.8, 4) is 0 Å². The van der Waals surface area contributed by atoms with Gasteiger partial charge in [-0.25, -0.2) is 8.42 Å². The third-order valence-electron chi connectivity index (χ3n) is 4.42. The van der Waals surface area contributed by atoms with Gasteiger partial charge in [0.05, 0.1) is 0 Å². The Morgan fingerprint density at radius 2 is 1.54 bits per heavy atom. The molecule has 0 unspecified atom stereocenters. The molecule has 1 fully saturated rings. The van der Waals surface area contributed by atoms with E-state index >= 15 is 0 Å². The molecule has 5 nitrogen and oxygen atoms in total. The molecule has 1 saturated heterocycles. The lowest BCUT2D eigenvalue weighted by atomic mass is 10.1. The fourth-order valence-electron chi connectivity index (χ4n) is 2.84. The normalized spacial score (nSPS) is 16.1. The first-order valence-corrected chi connectivity index (χ1v) is 10.1. The van der Waals surface area contributed by atoms with E-state index in [2.05, 4.69) is 0 Å². The van der Waals surface area contributed by atoms with Crippen LogP contribution >= 0.6 is 0 Å². The van der Waals surface area contributed by atoms with Crippen molar-refractivity contribution in [2.24, 2.45) is 0 Å². The summed E-state index contributed by atoms with van der Waals surface area (Å²) in [5.41, 5.74) is 2.57. The van der Waals surface area contributed by atoms with Crippen molar-refractivity contribution in [1.82, 2.24) is 9.21 Å². The maximum absolute atomic E-state index is 12.5. The number of nitrogens with zero attached hydrogens (tertiary/aromatic N) is 2. The molecule has 6 heteroatoms. The van der Waals surface area contributed by atoms with Gasteiger partial charge in [0, 0.05) is 37.2 Å². The molecule has 0 atom stereocenters. The molecule has 1 heterocycles. The fraction of sp³-hybridized carbons (Fsp3) is 0.250. The molecule has 0 saturated carbocycles. The molecule has 0 bridgehead atoms. The van der Waals surface area contributed by atoms with Crippen LogP contribution in [0.3, 0.4) is 0 Å². The zero-order valence-electron chi connectivity index (χ0n) is 14.7. The Bertz CT molecular complexity index is 882. The van der Waals surface area contributed by atoms with Gasteiger partial charge in [0.1, 0.15) is 0 Å². The average molecular weight is 370 g/mol. The predicted octanol–water partition coefficient (Wildman–Crippen LogP) is 2.75. The van der Waals surface area contributed by atoms with Gasteiger partial charge in [0.25, 0.3) is 5.91 Å². The molecule has 1 aliphatic rings. The second-order valence-electron chi connectivity index (χ2n) is 6.32. The number of carbonyl (C=O) groups is 1. The van der Waals surface area contributed by atoms with Crippen molar-refractivity contribution in [2.75, 3.05) is 26.2 Å². The number of benzene rings is 2. The van der Waals surface area contributed by atoms with E-state index in [0.29, 0.717) is 31.7 Å². The Morgan fingerprint density at radius 3 is 2.15 bits per heavy atom. The molecule has 136 valence electrons. The van der Waals surface area contributed by atoms with E-state index in [9.17, 15) is 13.2 Å². The van der Waals surface area contributed by atoms with Crippen LogP contribution in [0.4, 0.5) is 0 Å². The summed E-state index contributed by atoms with van der Waals surface area (Å²) in [6.07, 6.45) is 1.60. The summed E-state index contributed by atoms with van der Waals surface area (Å²) in [4.78, 5) is 14.2. The molecule has 3 rings (SSSR count). The average Bonchev–Trinajstić information content (AvgIpc) is 2.67. The third kappa shape index (κ3) is 4.39. The standard InChI is InChI=1S/C20H22N2O3S/c1-17-7-9-19(10-8-17)20(23)21-12-14-22(15-13-21)26(24,25)16-11-18-5-3-2-4-6-18/h2-11,16H,12-15H2,1H3/b16-11+. The molecule has 26 heavy (non-hydrogen) atoms. The molecule has 0 spiro atoms. The Labute approximate surface area is 154 Å². The summed E-state index contributed by atoms with van der Waals surface area (Å²) in [6, 6.07) is 16.7. The van der Waals surface area contributed by atoms with Crippen LogP contribution in [0.25, 0.3) is 6.08 Å². The van der Waals surface area contributed by atoms with E-state index in [-0.39, 0.29) is 5.91 Å². The largest absolute Gasteiger partial charge is 0.336 e. The first-order valence-electron chi connectivity index (χ1n) is 8.55. The quantitative estimate of drug-likeness (QED) is 0.832. The monoisotopic (exact) mass is 370 g/mol. The minimum absolute atomic E-state index is 0.0538. The molecule has 0 radical (unpaired) electrons. The van der Waals surface area contributed by atoms with E-state index in [1.54, 1.807) is 11.0 Å². The summed E-state index contributed by atoms with van der Waals surface area (Å²) < 4.78 is 26.4. The molecule has 0 aliphatic carbocycles. The fourth-order valence-corrected chi connectivity index (χ4v) is 4.01. The predicted molar refractivity (Wildman–Crippen MR) is 103 cm³/mol. The Morgan fingerprint density at radius 1 is 0.923 bits per heavy atom. The second kappa shape index (κ2) is 7.85. The van der Waals surface area contributed by atoms with E-state index in [0.717, 1.165) is 11.1 Å². The van der Waals surface area contributed by atoms with Crippen molar-refractivity contribution >= 4 is 22.0 Å². The number of rotatable bonds is 4. The molecule has 1 aliphatic heterocycles. The van der Waals surface area contributed by atoms with E-state index in [1.807, 2.05) is 61.5 Å². The number of hydrogen-bond donors (Lipinski definition) is 0. The summed E-state index contributed by atoms with van der Waals surface area (Å²) >= 11 is 0. The van der Waals surface area contributed by atoms with Crippen LogP contribution in [0.1, 0.15) is 21.5 Å². The summed E-state index contributed by atoms with van der Waals surface area (Å²) in [6.45, 7) is 3.37. The van der Waals surface area contributed by atoms with Gasteiger partial charge in [-0.05, 0) is 30.7 Å². The van der Waals surface area contributed by atoms with Gasteiger partial charge in [-0.1, -0.05) is 48.0 Å². The zero-order chi connectivity index (χ0) is 18.6. The van der Waals surface area contributed by atoms with E-state index in [4.69, 9.17) is 0 Å². The topological polar surface area (TPSA) is 57.7 Å². The molecule has 2 aromatic carbocycles. The van der Waals surface area contributed by atoms with Gasteiger partial charge < -0.3 is 4.90 Å². The Balaban J connectivity index is 1.61. The first-order chi connectivity index (χ1) is 12.5. The molecule has 1 amide bonds. The lowest BCUT2D eigenvalue weighted by molar-refractivity contribution is 0.0698. The van der Waals surface area contributed by atoms with Crippen molar-refractivity contribution in [3.63, 3.8) is 0 Å². The molecule has 0 N–H and O–H groups in total. The Hall–Kier alpha value is -2.44. The van der Waals surface area contributed by atoms with Gasteiger partial charge in [0.2, 0.25) is 10.0 Å². The van der Waals surface area contributed by atoms with Crippen LogP contribution in [0.2, 0.25) is 0 Å². The van der Waals surface area contributed by atoms with Crippen LogP contribution in [0.5, 0.6) is 0 Å². The smallest absolute Gasteiger partial charge is 0.253 e. The molecular formula is C20H22N2O3S.